The Labute approximate surface area is 156 Å². The lowest BCUT2D eigenvalue weighted by Crippen LogP contribution is -2.24. The van der Waals surface area contributed by atoms with E-state index in [4.69, 9.17) is 4.74 Å². The van der Waals surface area contributed by atoms with Crippen molar-refractivity contribution in [1.82, 2.24) is 25.6 Å². The number of benzene rings is 2. The molecule has 8 heteroatoms. The van der Waals surface area contributed by atoms with Crippen molar-refractivity contribution in [2.45, 2.75) is 6.54 Å². The van der Waals surface area contributed by atoms with Gasteiger partial charge in [0.15, 0.2) is 0 Å². The number of nitrogens with one attached hydrogen (secondary N) is 1. The zero-order valence-corrected chi connectivity index (χ0v) is 14.5. The standard InChI is InChI=1S/C19H18N6O2/c1-2-12-27-17-11-7-6-10-16(17)13-20-21-18(26)14-25-23-19(22-24-25)15-8-4-3-5-9-15/h2-11,13H,1,12,14H2,(H,21,26)/b20-13-. The Morgan fingerprint density at radius 1 is 1.19 bits per heavy atom. The van der Waals surface area contributed by atoms with E-state index in [0.29, 0.717) is 18.2 Å². The van der Waals surface area contributed by atoms with Crippen molar-refractivity contribution in [2.24, 2.45) is 5.10 Å². The summed E-state index contributed by atoms with van der Waals surface area (Å²) in [4.78, 5) is 13.2. The Kier molecular flexibility index (Phi) is 6.03. The largest absolute Gasteiger partial charge is 0.489 e. The molecule has 0 saturated heterocycles. The van der Waals surface area contributed by atoms with Crippen LogP contribution in [0.4, 0.5) is 0 Å². The number of tetrazole rings is 1. The maximum absolute atomic E-state index is 12.0. The van der Waals surface area contributed by atoms with Crippen molar-refractivity contribution >= 4 is 12.1 Å². The minimum atomic E-state index is -0.368. The van der Waals surface area contributed by atoms with Gasteiger partial charge in [-0.15, -0.1) is 10.2 Å². The summed E-state index contributed by atoms with van der Waals surface area (Å²) in [5.74, 6) is 0.744. The van der Waals surface area contributed by atoms with Crippen LogP contribution in [0.2, 0.25) is 0 Å². The van der Waals surface area contributed by atoms with Crippen LogP contribution in [0.3, 0.4) is 0 Å². The second-order valence-corrected chi connectivity index (χ2v) is 5.44. The van der Waals surface area contributed by atoms with Gasteiger partial charge in [0, 0.05) is 11.1 Å². The number of ether oxygens (including phenoxy) is 1. The molecule has 136 valence electrons. The first-order valence-electron chi connectivity index (χ1n) is 8.24. The van der Waals surface area contributed by atoms with Gasteiger partial charge in [-0.3, -0.25) is 4.79 Å². The van der Waals surface area contributed by atoms with Crippen LogP contribution in [-0.4, -0.2) is 38.9 Å². The summed E-state index contributed by atoms with van der Waals surface area (Å²) in [6, 6.07) is 16.8. The molecule has 0 bridgehead atoms. The number of nitrogens with zero attached hydrogens (tertiary/aromatic N) is 5. The third-order valence-corrected chi connectivity index (χ3v) is 3.44. The minimum absolute atomic E-state index is 0.0915. The Balaban J connectivity index is 1.57. The molecule has 0 unspecified atom stereocenters. The van der Waals surface area contributed by atoms with E-state index in [1.807, 2.05) is 54.6 Å². The fourth-order valence-electron chi connectivity index (χ4n) is 2.22. The topological polar surface area (TPSA) is 94.3 Å². The van der Waals surface area contributed by atoms with E-state index >= 15 is 0 Å². The van der Waals surface area contributed by atoms with Gasteiger partial charge >= 0.3 is 0 Å². The summed E-state index contributed by atoms with van der Waals surface area (Å²) in [6.07, 6.45) is 3.17. The first-order valence-corrected chi connectivity index (χ1v) is 8.24. The molecule has 0 spiro atoms. The summed E-state index contributed by atoms with van der Waals surface area (Å²) >= 11 is 0. The van der Waals surface area contributed by atoms with Gasteiger partial charge in [-0.05, 0) is 17.3 Å². The number of hydrogen-bond acceptors (Lipinski definition) is 6. The normalized spacial score (nSPS) is 10.7. The number of hydrogen-bond donors (Lipinski definition) is 1. The van der Waals surface area contributed by atoms with Crippen LogP contribution < -0.4 is 10.2 Å². The van der Waals surface area contributed by atoms with Crippen molar-refractivity contribution in [3.05, 3.63) is 72.8 Å². The Morgan fingerprint density at radius 3 is 2.78 bits per heavy atom. The molecule has 2 aromatic carbocycles. The van der Waals surface area contributed by atoms with E-state index < -0.39 is 0 Å². The van der Waals surface area contributed by atoms with Gasteiger partial charge in [-0.2, -0.15) is 9.90 Å². The summed E-state index contributed by atoms with van der Waals surface area (Å²) in [5.41, 5.74) is 4.01. The molecule has 3 rings (SSSR count). The molecule has 1 heterocycles. The van der Waals surface area contributed by atoms with Crippen molar-refractivity contribution in [3.8, 4) is 17.1 Å². The maximum Gasteiger partial charge on any atom is 0.263 e. The molecule has 1 aromatic heterocycles. The summed E-state index contributed by atoms with van der Waals surface area (Å²) in [7, 11) is 0. The average Bonchev–Trinajstić information content (AvgIpc) is 3.16. The van der Waals surface area contributed by atoms with Gasteiger partial charge in [0.2, 0.25) is 5.82 Å². The van der Waals surface area contributed by atoms with E-state index in [2.05, 4.69) is 32.5 Å². The van der Waals surface area contributed by atoms with E-state index in [9.17, 15) is 4.79 Å². The summed E-state index contributed by atoms with van der Waals surface area (Å²) in [5, 5.41) is 16.0. The van der Waals surface area contributed by atoms with Crippen molar-refractivity contribution < 1.29 is 9.53 Å². The summed E-state index contributed by atoms with van der Waals surface area (Å²) in [6.45, 7) is 3.91. The number of para-hydroxylation sites is 1. The van der Waals surface area contributed by atoms with Gasteiger partial charge in [0.1, 0.15) is 18.9 Å². The highest BCUT2D eigenvalue weighted by atomic mass is 16.5. The number of hydrazone groups is 1. The smallest absolute Gasteiger partial charge is 0.263 e. The molecule has 0 aliphatic rings. The predicted octanol–water partition coefficient (Wildman–Crippen LogP) is 2.06. The molecule has 1 amide bonds. The van der Waals surface area contributed by atoms with Gasteiger partial charge in [-0.1, -0.05) is 55.1 Å². The number of amides is 1. The van der Waals surface area contributed by atoms with E-state index in [1.165, 1.54) is 11.0 Å². The van der Waals surface area contributed by atoms with Crippen LogP contribution in [-0.2, 0) is 11.3 Å². The molecule has 0 aliphatic carbocycles. The fourth-order valence-corrected chi connectivity index (χ4v) is 2.22. The van der Waals surface area contributed by atoms with Crippen LogP contribution >= 0.6 is 0 Å². The van der Waals surface area contributed by atoms with Crippen LogP contribution in [0.1, 0.15) is 5.56 Å². The Morgan fingerprint density at radius 2 is 1.96 bits per heavy atom. The van der Waals surface area contributed by atoms with E-state index in [-0.39, 0.29) is 12.5 Å². The van der Waals surface area contributed by atoms with E-state index in [1.54, 1.807) is 6.08 Å². The first-order chi connectivity index (χ1) is 13.3. The molecular formula is C19H18N6O2. The van der Waals surface area contributed by atoms with Gasteiger partial charge in [-0.25, -0.2) is 5.43 Å². The molecule has 0 saturated carbocycles. The van der Waals surface area contributed by atoms with Crippen LogP contribution in [0.25, 0.3) is 11.4 Å². The quantitative estimate of drug-likeness (QED) is 0.376. The second-order valence-electron chi connectivity index (χ2n) is 5.44. The Hall–Kier alpha value is -3.81. The van der Waals surface area contributed by atoms with Crippen LogP contribution in [0, 0.1) is 0 Å². The molecule has 0 atom stereocenters. The fraction of sp³-hybridized carbons (Fsp3) is 0.105. The lowest BCUT2D eigenvalue weighted by atomic mass is 10.2. The molecule has 1 N–H and O–H groups in total. The van der Waals surface area contributed by atoms with Crippen molar-refractivity contribution in [2.75, 3.05) is 6.61 Å². The third kappa shape index (κ3) is 5.08. The van der Waals surface area contributed by atoms with Crippen LogP contribution in [0.15, 0.2) is 72.4 Å². The zero-order chi connectivity index (χ0) is 18.9. The first kappa shape index (κ1) is 18.0. The van der Waals surface area contributed by atoms with Gasteiger partial charge in [0.05, 0.1) is 6.21 Å². The monoisotopic (exact) mass is 362 g/mol. The highest BCUT2D eigenvalue weighted by Gasteiger charge is 2.08. The maximum atomic E-state index is 12.0. The molecule has 0 fully saturated rings. The average molecular weight is 362 g/mol. The van der Waals surface area contributed by atoms with Gasteiger partial charge in [0.25, 0.3) is 5.91 Å². The van der Waals surface area contributed by atoms with Gasteiger partial charge < -0.3 is 4.74 Å². The van der Waals surface area contributed by atoms with Crippen molar-refractivity contribution in [1.29, 1.82) is 0 Å². The number of aromatic nitrogens is 4. The van der Waals surface area contributed by atoms with Crippen molar-refractivity contribution in [3.63, 3.8) is 0 Å². The summed E-state index contributed by atoms with van der Waals surface area (Å²) < 4.78 is 5.53. The second kappa shape index (κ2) is 9.04. The zero-order valence-electron chi connectivity index (χ0n) is 14.5. The molecule has 0 aliphatic heterocycles. The Bertz CT molecular complexity index is 936. The lowest BCUT2D eigenvalue weighted by Gasteiger charge is -2.06. The SMILES string of the molecule is C=CCOc1ccccc1/C=N\NC(=O)Cn1nnc(-c2ccccc2)n1. The highest BCUT2D eigenvalue weighted by Crippen LogP contribution is 2.15. The predicted molar refractivity (Wildman–Crippen MR) is 101 cm³/mol. The molecule has 0 radical (unpaired) electrons. The highest BCUT2D eigenvalue weighted by molar-refractivity contribution is 5.85. The lowest BCUT2D eigenvalue weighted by molar-refractivity contribution is -0.122. The molecular weight excluding hydrogens is 344 g/mol. The third-order valence-electron chi connectivity index (χ3n) is 3.44. The molecule has 3 aromatic rings. The molecule has 8 nitrogen and oxygen atoms in total. The number of carbonyl (C=O) groups is 1. The number of rotatable bonds is 8. The van der Waals surface area contributed by atoms with Crippen LogP contribution in [0.5, 0.6) is 5.75 Å². The molecule has 27 heavy (non-hydrogen) atoms. The number of carbonyl (C=O) groups excluding carboxylic acids is 1. The minimum Gasteiger partial charge on any atom is -0.489 e. The van der Waals surface area contributed by atoms with E-state index in [0.717, 1.165) is 11.1 Å².